The molecule has 0 amide bonds. The van der Waals surface area contributed by atoms with Crippen LogP contribution < -0.4 is 18.9 Å². The second kappa shape index (κ2) is 23.0. The van der Waals surface area contributed by atoms with Crippen LogP contribution in [0.15, 0.2) is 72.8 Å². The number of halogens is 4. The van der Waals surface area contributed by atoms with Gasteiger partial charge in [0.1, 0.15) is 47.4 Å². The average Bonchev–Trinajstić information content (AvgIpc) is 3.24. The van der Waals surface area contributed by atoms with Crippen molar-refractivity contribution in [3.63, 3.8) is 0 Å². The van der Waals surface area contributed by atoms with Crippen LogP contribution in [0.25, 0.3) is 0 Å². The van der Waals surface area contributed by atoms with E-state index in [0.29, 0.717) is 24.7 Å². The Bertz CT molecular complexity index is 1890. The maximum Gasteiger partial charge on any atom is 0.344 e. The van der Waals surface area contributed by atoms with Gasteiger partial charge < -0.3 is 28.4 Å². The molecule has 60 heavy (non-hydrogen) atoms. The lowest BCUT2D eigenvalue weighted by molar-refractivity contribution is -0.167. The van der Waals surface area contributed by atoms with Gasteiger partial charge in [0.25, 0.3) is 0 Å². The Hall–Kier alpha value is -2.06. The van der Waals surface area contributed by atoms with Crippen molar-refractivity contribution in [2.75, 3.05) is 13.2 Å². The minimum atomic E-state index is -0.355. The molecule has 0 heterocycles. The van der Waals surface area contributed by atoms with Crippen LogP contribution >= 0.6 is 90.4 Å². The van der Waals surface area contributed by atoms with Gasteiger partial charge >= 0.3 is 11.9 Å². The van der Waals surface area contributed by atoms with Crippen LogP contribution in [-0.4, -0.2) is 36.4 Å². The van der Waals surface area contributed by atoms with E-state index in [4.69, 9.17) is 28.4 Å². The highest BCUT2D eigenvalue weighted by Gasteiger charge is 2.35. The lowest BCUT2D eigenvalue weighted by Crippen LogP contribution is -2.38. The Morgan fingerprint density at radius 3 is 1.23 bits per heavy atom. The summed E-state index contributed by atoms with van der Waals surface area (Å²) in [5.74, 6) is 2.22. The number of ether oxygens (including phenoxy) is 6. The summed E-state index contributed by atoms with van der Waals surface area (Å²) in [4.78, 5) is 25.8. The molecule has 2 saturated carbocycles. The fourth-order valence-corrected chi connectivity index (χ4v) is 12.4. The van der Waals surface area contributed by atoms with Crippen molar-refractivity contribution in [3.05, 3.63) is 109 Å². The van der Waals surface area contributed by atoms with E-state index in [1.807, 2.05) is 48.5 Å². The van der Waals surface area contributed by atoms with E-state index in [0.717, 1.165) is 114 Å². The van der Waals surface area contributed by atoms with Gasteiger partial charge in [-0.2, -0.15) is 0 Å². The molecule has 8 nitrogen and oxygen atoms in total. The standard InChI is InChI=1S/C48H54I4O8/c1-3-47(21-7-5-8-22-47)59-43(53)31-57-45-35(25-37(49)27-41(45)51)29-55-39-17-13-33(14-18-39)11-12-34-15-19-40(20-16-34)56-30-36-26-38(50)28-42(52)46(36)58-32-44(54)60-48(4-2)23-9-6-10-24-48/h13-20,25-28H,3-12,21-24,29-32H2,1-2H3. The van der Waals surface area contributed by atoms with Crippen LogP contribution in [0, 0.1) is 14.3 Å². The number of esters is 2. The van der Waals surface area contributed by atoms with E-state index >= 15 is 0 Å². The molecule has 2 aliphatic rings. The van der Waals surface area contributed by atoms with E-state index in [9.17, 15) is 9.59 Å². The molecule has 0 radical (unpaired) electrons. The molecule has 0 atom stereocenters. The molecule has 0 bridgehead atoms. The molecule has 0 spiro atoms. The molecule has 4 aromatic carbocycles. The Morgan fingerprint density at radius 2 is 0.883 bits per heavy atom. The third-order valence-electron chi connectivity index (χ3n) is 11.7. The van der Waals surface area contributed by atoms with Gasteiger partial charge in [-0.05, 0) is 227 Å². The smallest absolute Gasteiger partial charge is 0.344 e. The van der Waals surface area contributed by atoms with Crippen molar-refractivity contribution in [1.29, 1.82) is 0 Å². The molecule has 0 aromatic heterocycles. The van der Waals surface area contributed by atoms with Gasteiger partial charge in [-0.3, -0.25) is 0 Å². The van der Waals surface area contributed by atoms with Gasteiger partial charge in [0.2, 0.25) is 0 Å². The van der Waals surface area contributed by atoms with Gasteiger partial charge in [-0.25, -0.2) is 9.59 Å². The number of aryl methyl sites for hydroxylation is 2. The minimum Gasteiger partial charge on any atom is -0.489 e. The van der Waals surface area contributed by atoms with Crippen molar-refractivity contribution >= 4 is 102 Å². The Labute approximate surface area is 409 Å². The molecule has 0 unspecified atom stereocenters. The monoisotopic (exact) mass is 1270 g/mol. The first kappa shape index (κ1) is 47.4. The summed E-state index contributed by atoms with van der Waals surface area (Å²) in [5.41, 5.74) is 3.49. The lowest BCUT2D eigenvalue weighted by atomic mass is 9.83. The largest absolute Gasteiger partial charge is 0.489 e. The van der Waals surface area contributed by atoms with Gasteiger partial charge in [0.15, 0.2) is 13.2 Å². The first-order valence-corrected chi connectivity index (χ1v) is 25.4. The zero-order valence-corrected chi connectivity index (χ0v) is 43.1. The molecule has 0 aliphatic heterocycles. The molecule has 6 rings (SSSR count). The third-order valence-corrected chi connectivity index (χ3v) is 14.5. The van der Waals surface area contributed by atoms with E-state index < -0.39 is 0 Å². The van der Waals surface area contributed by atoms with Gasteiger partial charge in [-0.1, -0.05) is 51.0 Å². The molecule has 2 aliphatic carbocycles. The van der Waals surface area contributed by atoms with Crippen molar-refractivity contribution < 1.29 is 38.0 Å². The summed E-state index contributed by atoms with van der Waals surface area (Å²) in [6, 6.07) is 24.6. The minimum absolute atomic E-state index is 0.126. The molecule has 0 N–H and O–H groups in total. The second-order valence-corrected chi connectivity index (χ2v) is 20.7. The normalized spacial score (nSPS) is 15.8. The summed E-state index contributed by atoms with van der Waals surface area (Å²) < 4.78 is 40.6. The highest BCUT2D eigenvalue weighted by molar-refractivity contribution is 14.1. The summed E-state index contributed by atoms with van der Waals surface area (Å²) in [7, 11) is 0. The van der Waals surface area contributed by atoms with E-state index in [-0.39, 0.29) is 36.4 Å². The molecule has 322 valence electrons. The Balaban J connectivity index is 0.967. The lowest BCUT2D eigenvalue weighted by Gasteiger charge is -2.35. The molecular formula is C48H54I4O8. The van der Waals surface area contributed by atoms with Crippen molar-refractivity contribution in [1.82, 2.24) is 0 Å². The first-order chi connectivity index (χ1) is 29.0. The second-order valence-electron chi connectivity index (χ2n) is 15.8. The first-order valence-electron chi connectivity index (χ1n) is 21.1. The van der Waals surface area contributed by atoms with Crippen LogP contribution in [0.3, 0.4) is 0 Å². The van der Waals surface area contributed by atoms with E-state index in [1.165, 1.54) is 24.0 Å². The molecule has 2 fully saturated rings. The number of rotatable bonds is 19. The SMILES string of the molecule is CCC1(OC(=O)COc2c(I)cc(I)cc2COc2ccc(CCc3ccc(OCc4cc(I)cc(I)c4OCC(=O)OC4(CC)CCCCC4)cc3)cc2)CCCCC1. The number of carbonyl (C=O) groups excluding carboxylic acids is 2. The maximum atomic E-state index is 12.9. The predicted molar refractivity (Wildman–Crippen MR) is 268 cm³/mol. The van der Waals surface area contributed by atoms with E-state index in [1.54, 1.807) is 0 Å². The topological polar surface area (TPSA) is 89.5 Å². The quantitative estimate of drug-likeness (QED) is 0.0678. The highest BCUT2D eigenvalue weighted by Crippen LogP contribution is 2.37. The zero-order chi connectivity index (χ0) is 42.5. The number of carbonyl (C=O) groups is 2. The summed E-state index contributed by atoms with van der Waals surface area (Å²) in [5, 5.41) is 0. The summed E-state index contributed by atoms with van der Waals surface area (Å²) in [6.45, 7) is 4.58. The average molecular weight is 1270 g/mol. The Kier molecular flexibility index (Phi) is 18.2. The molecular weight excluding hydrogens is 1210 g/mol. The molecule has 0 saturated heterocycles. The van der Waals surface area contributed by atoms with E-state index in [2.05, 4.69) is 128 Å². The van der Waals surface area contributed by atoms with Gasteiger partial charge in [0, 0.05) is 18.3 Å². The van der Waals surface area contributed by atoms with Gasteiger partial charge in [0.05, 0.1) is 7.14 Å². The number of hydrogen-bond acceptors (Lipinski definition) is 8. The Morgan fingerprint density at radius 1 is 0.517 bits per heavy atom. The van der Waals surface area contributed by atoms with Crippen molar-refractivity contribution in [3.8, 4) is 23.0 Å². The summed E-state index contributed by atoms with van der Waals surface area (Å²) in [6.07, 6.45) is 13.9. The molecule has 12 heteroatoms. The fourth-order valence-electron chi connectivity index (χ4n) is 8.13. The number of hydrogen-bond donors (Lipinski definition) is 0. The predicted octanol–water partition coefficient (Wildman–Crippen LogP) is 13.1. The fraction of sp³-hybridized carbons (Fsp3) is 0.458. The van der Waals surface area contributed by atoms with Crippen LogP contribution in [0.4, 0.5) is 0 Å². The van der Waals surface area contributed by atoms with Crippen LogP contribution in [-0.2, 0) is 45.1 Å². The van der Waals surface area contributed by atoms with Crippen LogP contribution in [0.2, 0.25) is 0 Å². The highest BCUT2D eigenvalue weighted by atomic mass is 127. The maximum absolute atomic E-state index is 12.9. The molecule has 4 aromatic rings. The summed E-state index contributed by atoms with van der Waals surface area (Å²) >= 11 is 9.11. The van der Waals surface area contributed by atoms with Crippen LogP contribution in [0.1, 0.15) is 113 Å². The zero-order valence-electron chi connectivity index (χ0n) is 34.4. The van der Waals surface area contributed by atoms with Crippen LogP contribution in [0.5, 0.6) is 23.0 Å². The number of benzene rings is 4. The van der Waals surface area contributed by atoms with Gasteiger partial charge in [-0.15, -0.1) is 0 Å². The van der Waals surface area contributed by atoms with Crippen molar-refractivity contribution in [2.24, 2.45) is 0 Å². The third kappa shape index (κ3) is 13.7. The van der Waals surface area contributed by atoms with Crippen molar-refractivity contribution in [2.45, 2.75) is 128 Å².